The number of fused-ring (bicyclic) bond motifs is 1. The van der Waals surface area contributed by atoms with Crippen molar-refractivity contribution in [2.45, 2.75) is 38.4 Å². The van der Waals surface area contributed by atoms with Gasteiger partial charge in [0.1, 0.15) is 5.60 Å². The molecule has 4 unspecified atom stereocenters. The molecular formula is C12H18N2O. The van der Waals surface area contributed by atoms with Crippen molar-refractivity contribution < 1.29 is 4.74 Å². The van der Waals surface area contributed by atoms with Crippen LogP contribution < -0.4 is 0 Å². The first-order valence-corrected chi connectivity index (χ1v) is 5.80. The van der Waals surface area contributed by atoms with E-state index >= 15 is 0 Å². The van der Waals surface area contributed by atoms with Gasteiger partial charge in [-0.2, -0.15) is 5.10 Å². The van der Waals surface area contributed by atoms with Crippen LogP contribution in [0.1, 0.15) is 32.4 Å². The van der Waals surface area contributed by atoms with Gasteiger partial charge in [0.25, 0.3) is 0 Å². The Bertz CT molecular complexity index is 387. The summed E-state index contributed by atoms with van der Waals surface area (Å²) in [5.74, 6) is 1.44. The van der Waals surface area contributed by atoms with Crippen molar-refractivity contribution in [2.24, 2.45) is 18.9 Å². The molecule has 15 heavy (non-hydrogen) atoms. The lowest BCUT2D eigenvalue weighted by atomic mass is 9.75. The number of rotatable bonds is 1. The zero-order valence-corrected chi connectivity index (χ0v) is 9.60. The number of aromatic nitrogens is 2. The second kappa shape index (κ2) is 2.85. The molecule has 1 aliphatic carbocycles. The van der Waals surface area contributed by atoms with Crippen LogP contribution in [0.2, 0.25) is 0 Å². The summed E-state index contributed by atoms with van der Waals surface area (Å²) in [5.41, 5.74) is 1.26. The van der Waals surface area contributed by atoms with Crippen molar-refractivity contribution in [1.82, 2.24) is 9.78 Å². The molecule has 0 radical (unpaired) electrons. The molecule has 2 aliphatic rings. The zero-order valence-electron chi connectivity index (χ0n) is 9.60. The molecule has 3 nitrogen and oxygen atoms in total. The molecular weight excluding hydrogens is 188 g/mol. The fourth-order valence-electron chi connectivity index (χ4n) is 3.39. The average Bonchev–Trinajstić information content (AvgIpc) is 2.73. The van der Waals surface area contributed by atoms with E-state index in [-0.39, 0.29) is 5.60 Å². The lowest BCUT2D eigenvalue weighted by molar-refractivity contribution is 0.250. The molecule has 1 aromatic rings. The van der Waals surface area contributed by atoms with Crippen LogP contribution in [0.4, 0.5) is 0 Å². The Labute approximate surface area is 90.4 Å². The highest BCUT2D eigenvalue weighted by Crippen LogP contribution is 2.58. The summed E-state index contributed by atoms with van der Waals surface area (Å²) < 4.78 is 7.98. The van der Waals surface area contributed by atoms with Crippen LogP contribution >= 0.6 is 0 Å². The summed E-state index contributed by atoms with van der Waals surface area (Å²) in [4.78, 5) is 0. The number of hydrogen-bond acceptors (Lipinski definition) is 2. The Hall–Kier alpha value is -0.830. The molecule has 82 valence electrons. The van der Waals surface area contributed by atoms with Gasteiger partial charge < -0.3 is 4.74 Å². The topological polar surface area (TPSA) is 30.4 Å². The largest absolute Gasteiger partial charge is 0.359 e. The van der Waals surface area contributed by atoms with Gasteiger partial charge in [-0.05, 0) is 30.7 Å². The van der Waals surface area contributed by atoms with Crippen LogP contribution in [0, 0.1) is 11.8 Å². The Morgan fingerprint density at radius 2 is 2.33 bits per heavy atom. The van der Waals surface area contributed by atoms with Gasteiger partial charge in [0.2, 0.25) is 0 Å². The fourth-order valence-corrected chi connectivity index (χ4v) is 3.39. The molecule has 0 N–H and O–H groups in total. The molecule has 0 spiro atoms. The second-order valence-electron chi connectivity index (χ2n) is 5.29. The van der Waals surface area contributed by atoms with Crippen molar-refractivity contribution in [1.29, 1.82) is 0 Å². The summed E-state index contributed by atoms with van der Waals surface area (Å²) in [7, 11) is 2.01. The number of hydrogen-bond donors (Lipinski definition) is 0. The van der Waals surface area contributed by atoms with Crippen molar-refractivity contribution in [2.75, 3.05) is 0 Å². The molecule has 1 aliphatic heterocycles. The molecule has 3 rings (SSSR count). The van der Waals surface area contributed by atoms with Crippen molar-refractivity contribution in [3.63, 3.8) is 0 Å². The molecule has 2 fully saturated rings. The molecule has 0 aromatic carbocycles. The Morgan fingerprint density at radius 3 is 3.00 bits per heavy atom. The standard InChI is InChI=1S/C12H18N2O/c1-8-6-9(2)11-12(7-8,15-11)10-4-5-13-14(10)3/h4-5,8-9,11H,6-7H2,1-3H3. The summed E-state index contributed by atoms with van der Waals surface area (Å²) in [5, 5.41) is 4.25. The van der Waals surface area contributed by atoms with E-state index in [0.717, 1.165) is 12.3 Å². The molecule has 3 heteroatoms. The number of ether oxygens (including phenoxy) is 1. The van der Waals surface area contributed by atoms with Gasteiger partial charge in [-0.1, -0.05) is 13.8 Å². The summed E-state index contributed by atoms with van der Waals surface area (Å²) >= 11 is 0. The molecule has 1 aromatic heterocycles. The normalized spacial score (nSPS) is 43.8. The van der Waals surface area contributed by atoms with Gasteiger partial charge in [0.15, 0.2) is 0 Å². The lowest BCUT2D eigenvalue weighted by Crippen LogP contribution is -2.29. The maximum Gasteiger partial charge on any atom is 0.137 e. The summed E-state index contributed by atoms with van der Waals surface area (Å²) in [6.45, 7) is 4.63. The van der Waals surface area contributed by atoms with E-state index in [1.165, 1.54) is 12.1 Å². The molecule has 1 saturated carbocycles. The van der Waals surface area contributed by atoms with Crippen LogP contribution in [0.15, 0.2) is 12.3 Å². The molecule has 4 atom stereocenters. The molecule has 2 heterocycles. The van der Waals surface area contributed by atoms with Crippen molar-refractivity contribution in [3.05, 3.63) is 18.0 Å². The van der Waals surface area contributed by atoms with E-state index in [4.69, 9.17) is 4.74 Å². The van der Waals surface area contributed by atoms with Gasteiger partial charge in [-0.15, -0.1) is 0 Å². The van der Waals surface area contributed by atoms with E-state index in [1.54, 1.807) is 0 Å². The van der Waals surface area contributed by atoms with Gasteiger partial charge in [0, 0.05) is 13.2 Å². The van der Waals surface area contributed by atoms with E-state index in [2.05, 4.69) is 25.0 Å². The van der Waals surface area contributed by atoms with Crippen LogP contribution in [-0.4, -0.2) is 15.9 Å². The fraction of sp³-hybridized carbons (Fsp3) is 0.750. The highest BCUT2D eigenvalue weighted by molar-refractivity contribution is 5.24. The lowest BCUT2D eigenvalue weighted by Gasteiger charge is -2.26. The molecule has 1 saturated heterocycles. The minimum absolute atomic E-state index is 0.00231. The monoisotopic (exact) mass is 206 g/mol. The average molecular weight is 206 g/mol. The molecule has 0 amide bonds. The van der Waals surface area contributed by atoms with Crippen LogP contribution in [0.3, 0.4) is 0 Å². The van der Waals surface area contributed by atoms with Crippen LogP contribution in [0.5, 0.6) is 0 Å². The van der Waals surface area contributed by atoms with E-state index in [1.807, 2.05) is 17.9 Å². The quantitative estimate of drug-likeness (QED) is 0.659. The first-order valence-electron chi connectivity index (χ1n) is 5.80. The smallest absolute Gasteiger partial charge is 0.137 e. The van der Waals surface area contributed by atoms with Gasteiger partial charge in [0.05, 0.1) is 11.8 Å². The minimum Gasteiger partial charge on any atom is -0.359 e. The predicted octanol–water partition coefficient (Wildman–Crippen LogP) is 2.08. The Morgan fingerprint density at radius 1 is 1.53 bits per heavy atom. The van der Waals surface area contributed by atoms with E-state index in [9.17, 15) is 0 Å². The van der Waals surface area contributed by atoms with Crippen LogP contribution in [0.25, 0.3) is 0 Å². The third-order valence-electron chi connectivity index (χ3n) is 3.94. The van der Waals surface area contributed by atoms with E-state index < -0.39 is 0 Å². The minimum atomic E-state index is 0.00231. The highest BCUT2D eigenvalue weighted by atomic mass is 16.6. The Kier molecular flexibility index (Phi) is 1.78. The number of aryl methyl sites for hydroxylation is 1. The maximum atomic E-state index is 6.01. The maximum absolute atomic E-state index is 6.01. The highest BCUT2D eigenvalue weighted by Gasteiger charge is 2.63. The van der Waals surface area contributed by atoms with Crippen LogP contribution in [-0.2, 0) is 17.4 Å². The number of nitrogens with zero attached hydrogens (tertiary/aromatic N) is 2. The third kappa shape index (κ3) is 1.19. The third-order valence-corrected chi connectivity index (χ3v) is 3.94. The predicted molar refractivity (Wildman–Crippen MR) is 57.3 cm³/mol. The Balaban J connectivity index is 1.97. The van der Waals surface area contributed by atoms with Gasteiger partial charge in [-0.3, -0.25) is 4.68 Å². The summed E-state index contributed by atoms with van der Waals surface area (Å²) in [6, 6.07) is 2.10. The van der Waals surface area contributed by atoms with Crippen molar-refractivity contribution in [3.8, 4) is 0 Å². The molecule has 0 bridgehead atoms. The first-order chi connectivity index (χ1) is 7.13. The number of epoxide rings is 1. The summed E-state index contributed by atoms with van der Waals surface area (Å²) in [6.07, 6.45) is 4.75. The second-order valence-corrected chi connectivity index (χ2v) is 5.29. The first kappa shape index (κ1) is 9.40. The van der Waals surface area contributed by atoms with Crippen molar-refractivity contribution >= 4 is 0 Å². The zero-order chi connectivity index (χ0) is 10.6. The van der Waals surface area contributed by atoms with E-state index in [0.29, 0.717) is 12.0 Å². The van der Waals surface area contributed by atoms with Gasteiger partial charge >= 0.3 is 0 Å². The van der Waals surface area contributed by atoms with Gasteiger partial charge in [-0.25, -0.2) is 0 Å². The SMILES string of the molecule is CC1CC(C)C2OC2(c2ccnn2C)C1.